The van der Waals surface area contributed by atoms with Crippen molar-refractivity contribution in [2.45, 2.75) is 32.8 Å². The molecular weight excluding hydrogens is 312 g/mol. The minimum atomic E-state index is -0.528. The smallest absolute Gasteiger partial charge is 0.276 e. The van der Waals surface area contributed by atoms with Gasteiger partial charge in [-0.15, -0.1) is 0 Å². The van der Waals surface area contributed by atoms with E-state index in [1.54, 1.807) is 9.80 Å². The molecule has 1 N–H and O–H groups in total. The molecular formula is C15H22N6O3. The summed E-state index contributed by atoms with van der Waals surface area (Å²) in [5, 5.41) is 13.9. The quantitative estimate of drug-likeness (QED) is 0.855. The summed E-state index contributed by atoms with van der Waals surface area (Å²) in [4.78, 5) is 33.7. The summed E-state index contributed by atoms with van der Waals surface area (Å²) in [6, 6.07) is 0. The van der Waals surface area contributed by atoms with E-state index in [4.69, 9.17) is 4.84 Å². The number of carbonyl (C=O) groups is 2. The molecule has 0 bridgehead atoms. The van der Waals surface area contributed by atoms with Crippen molar-refractivity contribution in [3.8, 4) is 0 Å². The summed E-state index contributed by atoms with van der Waals surface area (Å²) < 4.78 is 0. The van der Waals surface area contributed by atoms with E-state index in [0.29, 0.717) is 38.3 Å². The molecule has 3 rings (SSSR count). The molecule has 9 heteroatoms. The van der Waals surface area contributed by atoms with Crippen molar-refractivity contribution in [3.63, 3.8) is 0 Å². The van der Waals surface area contributed by atoms with Crippen molar-refractivity contribution in [1.82, 2.24) is 25.2 Å². The Balaban J connectivity index is 1.56. The van der Waals surface area contributed by atoms with Gasteiger partial charge in [0.25, 0.3) is 11.8 Å². The summed E-state index contributed by atoms with van der Waals surface area (Å²) in [5.41, 5.74) is 1.22. The van der Waals surface area contributed by atoms with Crippen LogP contribution in [-0.4, -0.2) is 75.0 Å². The summed E-state index contributed by atoms with van der Waals surface area (Å²) >= 11 is 0. The molecule has 1 fully saturated rings. The van der Waals surface area contributed by atoms with Gasteiger partial charge in [-0.25, -0.2) is 0 Å². The van der Waals surface area contributed by atoms with E-state index in [-0.39, 0.29) is 17.7 Å². The molecule has 130 valence electrons. The fourth-order valence-electron chi connectivity index (χ4n) is 2.88. The molecule has 3 heterocycles. The topological polar surface area (TPSA) is 104 Å². The van der Waals surface area contributed by atoms with E-state index in [0.717, 1.165) is 12.1 Å². The van der Waals surface area contributed by atoms with Gasteiger partial charge in [0.2, 0.25) is 6.10 Å². The van der Waals surface area contributed by atoms with Crippen LogP contribution in [0.5, 0.6) is 0 Å². The number of nitrogens with zero attached hydrogens (tertiary/aromatic N) is 5. The third-order valence-corrected chi connectivity index (χ3v) is 4.36. The van der Waals surface area contributed by atoms with Crippen molar-refractivity contribution in [3.05, 3.63) is 11.9 Å². The Hall–Kier alpha value is -2.45. The lowest BCUT2D eigenvalue weighted by molar-refractivity contribution is -0.141. The average Bonchev–Trinajstić information content (AvgIpc) is 3.21. The Morgan fingerprint density at radius 2 is 2.00 bits per heavy atom. The number of hydrogen-bond donors (Lipinski definition) is 1. The van der Waals surface area contributed by atoms with Crippen molar-refractivity contribution in [2.75, 3.05) is 26.2 Å². The van der Waals surface area contributed by atoms with Gasteiger partial charge < -0.3 is 14.6 Å². The van der Waals surface area contributed by atoms with Crippen molar-refractivity contribution >= 4 is 17.5 Å². The van der Waals surface area contributed by atoms with Crippen molar-refractivity contribution in [1.29, 1.82) is 0 Å². The van der Waals surface area contributed by atoms with E-state index in [1.807, 2.05) is 13.8 Å². The highest BCUT2D eigenvalue weighted by Gasteiger charge is 2.34. The Labute approximate surface area is 140 Å². The van der Waals surface area contributed by atoms with Gasteiger partial charge in [0, 0.05) is 32.6 Å². The Kier molecular flexibility index (Phi) is 4.77. The number of rotatable bonds is 3. The van der Waals surface area contributed by atoms with Crippen LogP contribution in [0.25, 0.3) is 0 Å². The number of aromatic nitrogens is 3. The highest BCUT2D eigenvalue weighted by molar-refractivity contribution is 5.94. The normalized spacial score (nSPS) is 21.5. The molecule has 1 atom stereocenters. The van der Waals surface area contributed by atoms with E-state index >= 15 is 0 Å². The fraction of sp³-hybridized carbons (Fsp3) is 0.667. The average molecular weight is 334 g/mol. The maximum absolute atomic E-state index is 12.6. The standard InChI is InChI=1S/C15H22N6O3/c1-10(2)11-8-13(24-18-11)15(23)21-5-3-4-20(6-7-21)14(22)12-9-16-19-17-12/h9-10,13H,3-8H2,1-2H3,(H,16,17,19). The van der Waals surface area contributed by atoms with Crippen LogP contribution in [0, 0.1) is 5.92 Å². The summed E-state index contributed by atoms with van der Waals surface area (Å²) in [5.74, 6) is 0.0632. The fourth-order valence-corrected chi connectivity index (χ4v) is 2.88. The summed E-state index contributed by atoms with van der Waals surface area (Å²) in [6.07, 6.45) is 2.15. The number of oxime groups is 1. The molecule has 9 nitrogen and oxygen atoms in total. The molecule has 2 aliphatic rings. The lowest BCUT2D eigenvalue weighted by atomic mass is 10.0. The predicted molar refractivity (Wildman–Crippen MR) is 85.2 cm³/mol. The largest absolute Gasteiger partial charge is 0.382 e. The summed E-state index contributed by atoms with van der Waals surface area (Å²) in [7, 11) is 0. The predicted octanol–water partition coefficient (Wildman–Crippen LogP) is 0.280. The molecule has 0 saturated carbocycles. The molecule has 1 aromatic heterocycles. The monoisotopic (exact) mass is 334 g/mol. The Morgan fingerprint density at radius 1 is 1.25 bits per heavy atom. The first-order valence-electron chi connectivity index (χ1n) is 8.22. The van der Waals surface area contributed by atoms with Crippen LogP contribution >= 0.6 is 0 Å². The molecule has 2 aliphatic heterocycles. The third-order valence-electron chi connectivity index (χ3n) is 4.36. The van der Waals surface area contributed by atoms with Gasteiger partial charge in [0.05, 0.1) is 11.9 Å². The van der Waals surface area contributed by atoms with Crippen LogP contribution < -0.4 is 0 Å². The minimum absolute atomic E-state index is 0.0508. The van der Waals surface area contributed by atoms with E-state index < -0.39 is 6.10 Å². The highest BCUT2D eigenvalue weighted by Crippen LogP contribution is 2.19. The Morgan fingerprint density at radius 3 is 2.67 bits per heavy atom. The second-order valence-corrected chi connectivity index (χ2v) is 6.36. The SMILES string of the molecule is CC(C)C1=NOC(C(=O)N2CCCN(C(=O)c3cn[nH]n3)CC2)C1. The van der Waals surface area contributed by atoms with Gasteiger partial charge in [-0.1, -0.05) is 19.0 Å². The minimum Gasteiger partial charge on any atom is -0.382 e. The van der Waals surface area contributed by atoms with Crippen molar-refractivity contribution in [2.24, 2.45) is 11.1 Å². The lowest BCUT2D eigenvalue weighted by Gasteiger charge is -2.23. The second-order valence-electron chi connectivity index (χ2n) is 6.36. The highest BCUT2D eigenvalue weighted by atomic mass is 16.6. The zero-order valence-corrected chi connectivity index (χ0v) is 13.9. The van der Waals surface area contributed by atoms with Gasteiger partial charge in [0.1, 0.15) is 0 Å². The van der Waals surface area contributed by atoms with Crippen LogP contribution in [0.1, 0.15) is 37.2 Å². The van der Waals surface area contributed by atoms with Crippen LogP contribution in [0.2, 0.25) is 0 Å². The first-order valence-corrected chi connectivity index (χ1v) is 8.22. The summed E-state index contributed by atoms with van der Waals surface area (Å²) in [6.45, 7) is 6.23. The molecule has 24 heavy (non-hydrogen) atoms. The maximum atomic E-state index is 12.6. The van der Waals surface area contributed by atoms with Gasteiger partial charge in [-0.2, -0.15) is 15.4 Å². The molecule has 0 spiro atoms. The van der Waals surface area contributed by atoms with Gasteiger partial charge in [-0.3, -0.25) is 9.59 Å². The van der Waals surface area contributed by atoms with Gasteiger partial charge in [0.15, 0.2) is 5.69 Å². The van der Waals surface area contributed by atoms with Gasteiger partial charge >= 0.3 is 0 Å². The number of aromatic amines is 1. The van der Waals surface area contributed by atoms with E-state index in [1.165, 1.54) is 6.20 Å². The molecule has 1 aromatic rings. The molecule has 0 aromatic carbocycles. The molecule has 1 unspecified atom stereocenters. The zero-order chi connectivity index (χ0) is 17.1. The van der Waals surface area contributed by atoms with Crippen LogP contribution in [-0.2, 0) is 9.63 Å². The Bertz CT molecular complexity index is 627. The number of hydrogen-bond acceptors (Lipinski definition) is 6. The van der Waals surface area contributed by atoms with Gasteiger partial charge in [-0.05, 0) is 12.3 Å². The van der Waals surface area contributed by atoms with Crippen molar-refractivity contribution < 1.29 is 14.4 Å². The lowest BCUT2D eigenvalue weighted by Crippen LogP contribution is -2.42. The molecule has 0 aliphatic carbocycles. The van der Waals surface area contributed by atoms with Crippen LogP contribution in [0.15, 0.2) is 11.4 Å². The third kappa shape index (κ3) is 3.39. The second kappa shape index (κ2) is 6.98. The van der Waals surface area contributed by atoms with E-state index in [2.05, 4.69) is 20.6 Å². The molecule has 1 saturated heterocycles. The molecule has 0 radical (unpaired) electrons. The maximum Gasteiger partial charge on any atom is 0.276 e. The van der Waals surface area contributed by atoms with E-state index in [9.17, 15) is 9.59 Å². The first-order chi connectivity index (χ1) is 11.6. The first kappa shape index (κ1) is 16.4. The number of nitrogens with one attached hydrogen (secondary N) is 1. The number of carbonyl (C=O) groups excluding carboxylic acids is 2. The molecule has 2 amide bonds. The van der Waals surface area contributed by atoms with Crippen LogP contribution in [0.3, 0.4) is 0 Å². The number of amides is 2. The van der Waals surface area contributed by atoms with Crippen LogP contribution in [0.4, 0.5) is 0 Å². The zero-order valence-electron chi connectivity index (χ0n) is 13.9. The number of H-pyrrole nitrogens is 1.